The van der Waals surface area contributed by atoms with Crippen LogP contribution in [0.25, 0.3) is 0 Å². The van der Waals surface area contributed by atoms with Crippen molar-refractivity contribution in [1.29, 1.82) is 0 Å². The summed E-state index contributed by atoms with van der Waals surface area (Å²) in [5.74, 6) is 6.16. The monoisotopic (exact) mass is 230 g/mol. The van der Waals surface area contributed by atoms with Crippen molar-refractivity contribution >= 4 is 0 Å². The van der Waals surface area contributed by atoms with Crippen LogP contribution in [0, 0.1) is 5.92 Å². The minimum absolute atomic E-state index is 0.0716. The van der Waals surface area contributed by atoms with E-state index in [1.807, 2.05) is 0 Å². The highest BCUT2D eigenvalue weighted by molar-refractivity contribution is 4.85. The van der Waals surface area contributed by atoms with Crippen molar-refractivity contribution in [3.05, 3.63) is 0 Å². The van der Waals surface area contributed by atoms with Crippen LogP contribution in [0.3, 0.4) is 0 Å². The van der Waals surface area contributed by atoms with Crippen LogP contribution in [0.5, 0.6) is 0 Å². The van der Waals surface area contributed by atoms with E-state index in [1.165, 1.54) is 0 Å². The summed E-state index contributed by atoms with van der Waals surface area (Å²) in [5, 5.41) is 0. The van der Waals surface area contributed by atoms with Crippen molar-refractivity contribution in [3.8, 4) is 0 Å². The van der Waals surface area contributed by atoms with Gasteiger partial charge in [-0.15, -0.1) is 0 Å². The first-order chi connectivity index (χ1) is 7.50. The van der Waals surface area contributed by atoms with Crippen LogP contribution in [-0.2, 0) is 9.47 Å². The summed E-state index contributed by atoms with van der Waals surface area (Å²) >= 11 is 0. The molecular weight excluding hydrogens is 204 g/mol. The number of rotatable bonds is 6. The second-order valence-electron chi connectivity index (χ2n) is 5.30. The fraction of sp³-hybridized carbons (Fsp3) is 1.00. The lowest BCUT2D eigenvalue weighted by Crippen LogP contribution is -2.44. The van der Waals surface area contributed by atoms with Gasteiger partial charge in [0.15, 0.2) is 0 Å². The highest BCUT2D eigenvalue weighted by atomic mass is 16.5. The molecule has 0 saturated carbocycles. The van der Waals surface area contributed by atoms with Crippen molar-refractivity contribution in [3.63, 3.8) is 0 Å². The summed E-state index contributed by atoms with van der Waals surface area (Å²) < 4.78 is 11.0. The van der Waals surface area contributed by atoms with E-state index in [-0.39, 0.29) is 5.60 Å². The molecule has 0 aromatic carbocycles. The van der Waals surface area contributed by atoms with Crippen molar-refractivity contribution in [2.75, 3.05) is 13.7 Å². The average Bonchev–Trinajstić information content (AvgIpc) is 2.66. The van der Waals surface area contributed by atoms with Crippen LogP contribution in [-0.4, -0.2) is 31.5 Å². The highest BCUT2D eigenvalue weighted by Crippen LogP contribution is 2.27. The molecule has 0 aromatic heterocycles. The molecule has 1 aliphatic heterocycles. The number of ether oxygens (including phenoxy) is 2. The molecule has 1 saturated heterocycles. The van der Waals surface area contributed by atoms with Crippen molar-refractivity contribution in [1.82, 2.24) is 5.43 Å². The minimum atomic E-state index is -0.0716. The SMILES string of the molecule is COC(C)(C)CCC(NN)C1CCOC1C. The Hall–Kier alpha value is -0.160. The minimum Gasteiger partial charge on any atom is -0.379 e. The Kier molecular flexibility index (Phi) is 5.18. The maximum atomic E-state index is 5.64. The van der Waals surface area contributed by atoms with E-state index < -0.39 is 0 Å². The smallest absolute Gasteiger partial charge is 0.0623 e. The molecule has 3 atom stereocenters. The number of methoxy groups -OCH3 is 1. The molecule has 0 aromatic rings. The van der Waals surface area contributed by atoms with Gasteiger partial charge in [-0.3, -0.25) is 11.3 Å². The molecule has 0 aliphatic carbocycles. The van der Waals surface area contributed by atoms with Gasteiger partial charge in [0.25, 0.3) is 0 Å². The Morgan fingerprint density at radius 2 is 2.25 bits per heavy atom. The lowest BCUT2D eigenvalue weighted by Gasteiger charge is -2.29. The summed E-state index contributed by atoms with van der Waals surface area (Å²) in [6.07, 6.45) is 3.44. The van der Waals surface area contributed by atoms with Gasteiger partial charge in [-0.2, -0.15) is 0 Å². The van der Waals surface area contributed by atoms with Gasteiger partial charge in [0.05, 0.1) is 11.7 Å². The molecule has 3 N–H and O–H groups in total. The Morgan fingerprint density at radius 1 is 1.56 bits per heavy atom. The summed E-state index contributed by atoms with van der Waals surface area (Å²) in [6.45, 7) is 7.20. The molecule has 0 amide bonds. The van der Waals surface area contributed by atoms with Crippen LogP contribution in [0.2, 0.25) is 0 Å². The van der Waals surface area contributed by atoms with E-state index in [1.54, 1.807) is 7.11 Å². The second kappa shape index (κ2) is 5.96. The van der Waals surface area contributed by atoms with Gasteiger partial charge in [-0.25, -0.2) is 0 Å². The molecule has 0 radical (unpaired) electrons. The zero-order chi connectivity index (χ0) is 12.2. The Labute approximate surface area is 98.8 Å². The Morgan fingerprint density at radius 3 is 2.69 bits per heavy atom. The predicted octanol–water partition coefficient (Wildman–Crippen LogP) is 1.45. The van der Waals surface area contributed by atoms with E-state index >= 15 is 0 Å². The number of nitrogens with one attached hydrogen (secondary N) is 1. The van der Waals surface area contributed by atoms with E-state index in [0.29, 0.717) is 18.1 Å². The number of nitrogens with two attached hydrogens (primary N) is 1. The first-order valence-corrected chi connectivity index (χ1v) is 6.13. The molecule has 1 rings (SSSR count). The van der Waals surface area contributed by atoms with Gasteiger partial charge in [-0.1, -0.05) is 0 Å². The third-order valence-corrected chi connectivity index (χ3v) is 3.78. The molecular formula is C12H26N2O2. The normalized spacial score (nSPS) is 28.3. The maximum absolute atomic E-state index is 5.64. The third kappa shape index (κ3) is 3.70. The Bertz CT molecular complexity index is 209. The Balaban J connectivity index is 2.43. The molecule has 4 heteroatoms. The van der Waals surface area contributed by atoms with Crippen LogP contribution in [0.1, 0.15) is 40.0 Å². The standard InChI is InChI=1S/C12H26N2O2/c1-9-10(6-8-16-9)11(14-13)5-7-12(2,3)15-4/h9-11,14H,5-8,13H2,1-4H3. The van der Waals surface area contributed by atoms with Gasteiger partial charge < -0.3 is 9.47 Å². The molecule has 3 unspecified atom stereocenters. The number of hydrazine groups is 1. The van der Waals surface area contributed by atoms with E-state index in [2.05, 4.69) is 26.2 Å². The first kappa shape index (κ1) is 13.9. The van der Waals surface area contributed by atoms with Crippen molar-refractivity contribution in [2.45, 2.75) is 57.8 Å². The summed E-state index contributed by atoms with van der Waals surface area (Å²) in [4.78, 5) is 0. The van der Waals surface area contributed by atoms with Gasteiger partial charge in [0.2, 0.25) is 0 Å². The highest BCUT2D eigenvalue weighted by Gasteiger charge is 2.32. The lowest BCUT2D eigenvalue weighted by molar-refractivity contribution is 0.00842. The van der Waals surface area contributed by atoms with E-state index in [0.717, 1.165) is 25.9 Å². The zero-order valence-electron chi connectivity index (χ0n) is 11.0. The maximum Gasteiger partial charge on any atom is 0.0623 e. The molecule has 4 nitrogen and oxygen atoms in total. The lowest BCUT2D eigenvalue weighted by atomic mass is 9.88. The number of hydrogen-bond acceptors (Lipinski definition) is 4. The second-order valence-corrected chi connectivity index (χ2v) is 5.30. The van der Waals surface area contributed by atoms with Crippen LogP contribution >= 0.6 is 0 Å². The zero-order valence-corrected chi connectivity index (χ0v) is 11.0. The van der Waals surface area contributed by atoms with Gasteiger partial charge in [0.1, 0.15) is 0 Å². The molecule has 1 aliphatic rings. The predicted molar refractivity (Wildman–Crippen MR) is 65.0 cm³/mol. The molecule has 1 heterocycles. The first-order valence-electron chi connectivity index (χ1n) is 6.13. The van der Waals surface area contributed by atoms with Crippen LogP contribution < -0.4 is 11.3 Å². The topological polar surface area (TPSA) is 56.5 Å². The van der Waals surface area contributed by atoms with E-state index in [4.69, 9.17) is 15.3 Å². The molecule has 1 fully saturated rings. The van der Waals surface area contributed by atoms with Gasteiger partial charge in [0, 0.05) is 25.7 Å². The van der Waals surface area contributed by atoms with Crippen LogP contribution in [0.15, 0.2) is 0 Å². The quantitative estimate of drug-likeness (QED) is 0.535. The van der Waals surface area contributed by atoms with Crippen LogP contribution in [0.4, 0.5) is 0 Å². The third-order valence-electron chi connectivity index (χ3n) is 3.78. The summed E-state index contributed by atoms with van der Waals surface area (Å²) in [7, 11) is 1.76. The summed E-state index contributed by atoms with van der Waals surface area (Å²) in [6, 6.07) is 0.326. The fourth-order valence-electron chi connectivity index (χ4n) is 2.30. The van der Waals surface area contributed by atoms with Crippen molar-refractivity contribution < 1.29 is 9.47 Å². The average molecular weight is 230 g/mol. The van der Waals surface area contributed by atoms with Gasteiger partial charge in [-0.05, 0) is 40.0 Å². The van der Waals surface area contributed by atoms with Gasteiger partial charge >= 0.3 is 0 Å². The molecule has 16 heavy (non-hydrogen) atoms. The fourth-order valence-corrected chi connectivity index (χ4v) is 2.30. The molecule has 0 spiro atoms. The largest absolute Gasteiger partial charge is 0.379 e. The molecule has 96 valence electrons. The van der Waals surface area contributed by atoms with Crippen molar-refractivity contribution in [2.24, 2.45) is 11.8 Å². The van der Waals surface area contributed by atoms with E-state index in [9.17, 15) is 0 Å². The molecule has 0 bridgehead atoms. The summed E-state index contributed by atoms with van der Waals surface area (Å²) in [5.41, 5.74) is 2.86. The number of hydrogen-bond donors (Lipinski definition) is 2.